The number of hydrogen-bond donors (Lipinski definition) is 3. The van der Waals surface area contributed by atoms with Gasteiger partial charge in [-0.3, -0.25) is 0 Å². The zero-order chi connectivity index (χ0) is 10.7. The molecule has 2 rings (SSSR count). The minimum absolute atomic E-state index is 0.202. The molecular weight excluding hydrogens is 192 g/mol. The van der Waals surface area contributed by atoms with Crippen LogP contribution in [0, 0.1) is 0 Å². The lowest BCUT2D eigenvalue weighted by Gasteiger charge is -2.22. The van der Waals surface area contributed by atoms with Gasteiger partial charge >= 0.3 is 0 Å². The van der Waals surface area contributed by atoms with E-state index in [-0.39, 0.29) is 11.9 Å². The first-order chi connectivity index (χ1) is 7.24. The van der Waals surface area contributed by atoms with Crippen LogP contribution in [0.3, 0.4) is 0 Å². The Morgan fingerprint density at radius 2 is 1.87 bits per heavy atom. The number of nitrogens with one attached hydrogen (secondary N) is 1. The van der Waals surface area contributed by atoms with Gasteiger partial charge < -0.3 is 16.8 Å². The van der Waals surface area contributed by atoms with Gasteiger partial charge in [0, 0.05) is 12.5 Å². The fourth-order valence-corrected chi connectivity index (χ4v) is 1.87. The van der Waals surface area contributed by atoms with Crippen LogP contribution in [0.4, 0.5) is 11.9 Å². The highest BCUT2D eigenvalue weighted by Crippen LogP contribution is 2.11. The number of nitrogens with zero attached hydrogens (tertiary/aromatic N) is 3. The molecule has 5 N–H and O–H groups in total. The van der Waals surface area contributed by atoms with Crippen LogP contribution >= 0.6 is 0 Å². The lowest BCUT2D eigenvalue weighted by molar-refractivity contribution is 0.394. The summed E-state index contributed by atoms with van der Waals surface area (Å²) in [5.74, 6) is 1.08. The molecule has 0 amide bonds. The van der Waals surface area contributed by atoms with E-state index in [1.54, 1.807) is 0 Å². The summed E-state index contributed by atoms with van der Waals surface area (Å²) in [6.45, 7) is 1.07. The van der Waals surface area contributed by atoms with Crippen molar-refractivity contribution in [3.05, 3.63) is 5.82 Å². The summed E-state index contributed by atoms with van der Waals surface area (Å²) in [5.41, 5.74) is 11.0. The topological polar surface area (TPSA) is 103 Å². The van der Waals surface area contributed by atoms with Crippen molar-refractivity contribution >= 4 is 11.9 Å². The predicted octanol–water partition coefficient (Wildman–Crippen LogP) is -0.279. The molecule has 0 saturated carbocycles. The summed E-state index contributed by atoms with van der Waals surface area (Å²) in [6, 6.07) is 0.444. The standard InChI is InChI=1S/C9H16N6/c10-8-13-7(14-9(11)15-8)5-6-3-1-2-4-12-6/h6,12H,1-5H2,(H4,10,11,13,14,15). The van der Waals surface area contributed by atoms with Gasteiger partial charge in [-0.2, -0.15) is 15.0 Å². The molecule has 0 aromatic carbocycles. The largest absolute Gasteiger partial charge is 0.368 e. The van der Waals surface area contributed by atoms with Crippen molar-refractivity contribution in [1.82, 2.24) is 20.3 Å². The molecule has 0 aliphatic carbocycles. The van der Waals surface area contributed by atoms with E-state index in [1.165, 1.54) is 12.8 Å². The van der Waals surface area contributed by atoms with E-state index in [1.807, 2.05) is 0 Å². The predicted molar refractivity (Wildman–Crippen MR) is 58.0 cm³/mol. The second-order valence-electron chi connectivity index (χ2n) is 3.82. The zero-order valence-corrected chi connectivity index (χ0v) is 8.61. The van der Waals surface area contributed by atoms with Crippen LogP contribution < -0.4 is 16.8 Å². The molecule has 1 aromatic rings. The SMILES string of the molecule is Nc1nc(N)nc(CC2CCCCN2)n1. The Kier molecular flexibility index (Phi) is 2.96. The molecule has 2 heterocycles. The van der Waals surface area contributed by atoms with E-state index in [4.69, 9.17) is 11.5 Å². The Labute approximate surface area is 88.5 Å². The summed E-state index contributed by atoms with van der Waals surface area (Å²) in [6.07, 6.45) is 4.44. The zero-order valence-electron chi connectivity index (χ0n) is 8.61. The van der Waals surface area contributed by atoms with Gasteiger partial charge in [0.05, 0.1) is 0 Å². The molecule has 6 heteroatoms. The van der Waals surface area contributed by atoms with Gasteiger partial charge in [-0.1, -0.05) is 6.42 Å². The average molecular weight is 208 g/mol. The first-order valence-corrected chi connectivity index (χ1v) is 5.23. The molecule has 1 aliphatic heterocycles. The highest BCUT2D eigenvalue weighted by molar-refractivity contribution is 5.26. The number of hydrogen-bond acceptors (Lipinski definition) is 6. The normalized spacial score (nSPS) is 21.5. The number of anilines is 2. The molecule has 82 valence electrons. The van der Waals surface area contributed by atoms with E-state index in [0.29, 0.717) is 11.9 Å². The van der Waals surface area contributed by atoms with Crippen molar-refractivity contribution in [2.24, 2.45) is 0 Å². The molecule has 1 fully saturated rings. The second-order valence-corrected chi connectivity index (χ2v) is 3.82. The van der Waals surface area contributed by atoms with Crippen LogP contribution in [0.5, 0.6) is 0 Å². The number of rotatable bonds is 2. The van der Waals surface area contributed by atoms with Gasteiger partial charge in [0.15, 0.2) is 0 Å². The quantitative estimate of drug-likeness (QED) is 0.617. The Hall–Kier alpha value is -1.43. The second kappa shape index (κ2) is 4.39. The molecule has 1 atom stereocenters. The van der Waals surface area contributed by atoms with Crippen molar-refractivity contribution in [2.45, 2.75) is 31.7 Å². The molecule has 15 heavy (non-hydrogen) atoms. The summed E-state index contributed by atoms with van der Waals surface area (Å²) in [5, 5.41) is 3.42. The van der Waals surface area contributed by atoms with Crippen LogP contribution in [-0.4, -0.2) is 27.5 Å². The van der Waals surface area contributed by atoms with E-state index in [2.05, 4.69) is 20.3 Å². The van der Waals surface area contributed by atoms with Crippen molar-refractivity contribution in [3.63, 3.8) is 0 Å². The first-order valence-electron chi connectivity index (χ1n) is 5.23. The minimum atomic E-state index is 0.202. The van der Waals surface area contributed by atoms with Crippen molar-refractivity contribution < 1.29 is 0 Å². The average Bonchev–Trinajstić information content (AvgIpc) is 2.17. The lowest BCUT2D eigenvalue weighted by Crippen LogP contribution is -2.36. The Morgan fingerprint density at radius 1 is 1.13 bits per heavy atom. The van der Waals surface area contributed by atoms with E-state index in [9.17, 15) is 0 Å². The molecule has 1 saturated heterocycles. The van der Waals surface area contributed by atoms with Crippen molar-refractivity contribution in [2.75, 3.05) is 18.0 Å². The fraction of sp³-hybridized carbons (Fsp3) is 0.667. The fourth-order valence-electron chi connectivity index (χ4n) is 1.87. The molecule has 0 radical (unpaired) electrons. The smallest absolute Gasteiger partial charge is 0.225 e. The van der Waals surface area contributed by atoms with Gasteiger partial charge in [-0.25, -0.2) is 0 Å². The van der Waals surface area contributed by atoms with Gasteiger partial charge in [0.1, 0.15) is 5.82 Å². The van der Waals surface area contributed by atoms with Gasteiger partial charge in [-0.15, -0.1) is 0 Å². The highest BCUT2D eigenvalue weighted by atomic mass is 15.1. The van der Waals surface area contributed by atoms with Gasteiger partial charge in [0.25, 0.3) is 0 Å². The maximum atomic E-state index is 5.50. The van der Waals surface area contributed by atoms with E-state index >= 15 is 0 Å². The highest BCUT2D eigenvalue weighted by Gasteiger charge is 2.15. The number of nitrogens with two attached hydrogens (primary N) is 2. The van der Waals surface area contributed by atoms with Gasteiger partial charge in [0.2, 0.25) is 11.9 Å². The van der Waals surface area contributed by atoms with Crippen LogP contribution in [0.2, 0.25) is 0 Å². The maximum Gasteiger partial charge on any atom is 0.225 e. The molecule has 1 aromatic heterocycles. The lowest BCUT2D eigenvalue weighted by atomic mass is 10.0. The van der Waals surface area contributed by atoms with Crippen LogP contribution in [-0.2, 0) is 6.42 Å². The third-order valence-corrected chi connectivity index (χ3v) is 2.56. The molecule has 0 spiro atoms. The Bertz CT molecular complexity index is 313. The van der Waals surface area contributed by atoms with Gasteiger partial charge in [-0.05, 0) is 19.4 Å². The molecule has 1 unspecified atom stereocenters. The van der Waals surface area contributed by atoms with Crippen LogP contribution in [0.25, 0.3) is 0 Å². The molecular formula is C9H16N6. The van der Waals surface area contributed by atoms with Crippen molar-refractivity contribution in [1.29, 1.82) is 0 Å². The first kappa shape index (κ1) is 10.1. The number of piperidine rings is 1. The Balaban J connectivity index is 2.02. The summed E-state index contributed by atoms with van der Waals surface area (Å²) in [7, 11) is 0. The maximum absolute atomic E-state index is 5.50. The summed E-state index contributed by atoms with van der Waals surface area (Å²) >= 11 is 0. The summed E-state index contributed by atoms with van der Waals surface area (Å²) in [4.78, 5) is 11.9. The van der Waals surface area contributed by atoms with E-state index in [0.717, 1.165) is 19.4 Å². The molecule has 1 aliphatic rings. The molecule has 0 bridgehead atoms. The Morgan fingerprint density at radius 3 is 2.47 bits per heavy atom. The van der Waals surface area contributed by atoms with Crippen LogP contribution in [0.1, 0.15) is 25.1 Å². The minimum Gasteiger partial charge on any atom is -0.368 e. The van der Waals surface area contributed by atoms with E-state index < -0.39 is 0 Å². The number of aromatic nitrogens is 3. The molecule has 6 nitrogen and oxygen atoms in total. The van der Waals surface area contributed by atoms with Crippen LogP contribution in [0.15, 0.2) is 0 Å². The number of nitrogen functional groups attached to an aromatic ring is 2. The van der Waals surface area contributed by atoms with Crippen molar-refractivity contribution in [3.8, 4) is 0 Å². The summed E-state index contributed by atoms with van der Waals surface area (Å²) < 4.78 is 0. The third kappa shape index (κ3) is 2.76. The monoisotopic (exact) mass is 208 g/mol. The third-order valence-electron chi connectivity index (χ3n) is 2.56.